The van der Waals surface area contributed by atoms with Crippen molar-refractivity contribution in [3.8, 4) is 0 Å². The van der Waals surface area contributed by atoms with Gasteiger partial charge in [-0.15, -0.1) is 0 Å². The summed E-state index contributed by atoms with van der Waals surface area (Å²) in [5.74, 6) is 1.52. The lowest BCUT2D eigenvalue weighted by atomic mass is 9.78. The van der Waals surface area contributed by atoms with Gasteiger partial charge in [-0.25, -0.2) is 0 Å². The number of hydrogen-bond acceptors (Lipinski definition) is 2. The Hall–Kier alpha value is -0.180. The molecule has 1 fully saturated rings. The van der Waals surface area contributed by atoms with E-state index in [4.69, 9.17) is 0 Å². The van der Waals surface area contributed by atoms with Crippen molar-refractivity contribution in [3.63, 3.8) is 0 Å². The summed E-state index contributed by atoms with van der Waals surface area (Å²) in [4.78, 5) is 11.5. The van der Waals surface area contributed by atoms with E-state index in [1.807, 2.05) is 0 Å². The molecule has 0 aromatic carbocycles. The van der Waals surface area contributed by atoms with Gasteiger partial charge < -0.3 is 5.32 Å². The van der Waals surface area contributed by atoms with Crippen LogP contribution in [0.3, 0.4) is 0 Å². The SMILES string of the molecule is CC(C)CC1(CNC(=O)CCS)CCCC1. The third-order valence-electron chi connectivity index (χ3n) is 3.50. The lowest BCUT2D eigenvalue weighted by molar-refractivity contribution is -0.121. The highest BCUT2D eigenvalue weighted by Crippen LogP contribution is 2.42. The Morgan fingerprint density at radius 3 is 2.50 bits per heavy atom. The molecule has 0 unspecified atom stereocenters. The highest BCUT2D eigenvalue weighted by atomic mass is 32.1. The van der Waals surface area contributed by atoms with Gasteiger partial charge in [0.05, 0.1) is 0 Å². The van der Waals surface area contributed by atoms with E-state index < -0.39 is 0 Å². The second-order valence-electron chi connectivity index (χ2n) is 5.56. The van der Waals surface area contributed by atoms with Crippen LogP contribution in [0.5, 0.6) is 0 Å². The molecule has 0 heterocycles. The van der Waals surface area contributed by atoms with E-state index >= 15 is 0 Å². The monoisotopic (exact) mass is 243 g/mol. The molecule has 0 atom stereocenters. The number of amides is 1. The zero-order valence-corrected chi connectivity index (χ0v) is 11.5. The van der Waals surface area contributed by atoms with Gasteiger partial charge in [0, 0.05) is 13.0 Å². The molecule has 0 aliphatic heterocycles. The average molecular weight is 243 g/mol. The Balaban J connectivity index is 2.42. The van der Waals surface area contributed by atoms with Gasteiger partial charge >= 0.3 is 0 Å². The minimum atomic E-state index is 0.157. The Morgan fingerprint density at radius 1 is 1.38 bits per heavy atom. The summed E-state index contributed by atoms with van der Waals surface area (Å²) in [7, 11) is 0. The van der Waals surface area contributed by atoms with Crippen LogP contribution in [0.4, 0.5) is 0 Å². The van der Waals surface area contributed by atoms with Crippen LogP contribution < -0.4 is 5.32 Å². The number of carbonyl (C=O) groups excluding carboxylic acids is 1. The van der Waals surface area contributed by atoms with Gasteiger partial charge in [0.2, 0.25) is 5.91 Å². The molecule has 1 amide bonds. The maximum absolute atomic E-state index is 11.5. The van der Waals surface area contributed by atoms with Crippen molar-refractivity contribution >= 4 is 18.5 Å². The van der Waals surface area contributed by atoms with E-state index in [1.54, 1.807) is 0 Å². The van der Waals surface area contributed by atoms with E-state index in [0.717, 1.165) is 12.5 Å². The Bertz CT molecular complexity index is 222. The van der Waals surface area contributed by atoms with Crippen LogP contribution in [0.25, 0.3) is 0 Å². The quantitative estimate of drug-likeness (QED) is 0.690. The zero-order valence-electron chi connectivity index (χ0n) is 10.6. The van der Waals surface area contributed by atoms with Crippen molar-refractivity contribution < 1.29 is 4.79 Å². The van der Waals surface area contributed by atoms with Crippen molar-refractivity contribution in [2.75, 3.05) is 12.3 Å². The molecule has 16 heavy (non-hydrogen) atoms. The highest BCUT2D eigenvalue weighted by Gasteiger charge is 2.34. The van der Waals surface area contributed by atoms with E-state index in [-0.39, 0.29) is 5.91 Å². The third kappa shape index (κ3) is 4.36. The molecule has 1 N–H and O–H groups in total. The normalized spacial score (nSPS) is 19.0. The summed E-state index contributed by atoms with van der Waals surface area (Å²) < 4.78 is 0. The summed E-state index contributed by atoms with van der Waals surface area (Å²) in [5, 5.41) is 3.08. The van der Waals surface area contributed by atoms with Crippen LogP contribution in [-0.4, -0.2) is 18.2 Å². The summed E-state index contributed by atoms with van der Waals surface area (Å²) in [6.45, 7) is 5.42. The maximum atomic E-state index is 11.5. The first kappa shape index (κ1) is 13.9. The molecule has 0 bridgehead atoms. The molecule has 2 nitrogen and oxygen atoms in total. The van der Waals surface area contributed by atoms with Crippen LogP contribution >= 0.6 is 12.6 Å². The highest BCUT2D eigenvalue weighted by molar-refractivity contribution is 7.80. The fourth-order valence-electron chi connectivity index (χ4n) is 2.92. The van der Waals surface area contributed by atoms with Crippen LogP contribution in [0, 0.1) is 11.3 Å². The molecule has 1 aliphatic rings. The molecule has 0 radical (unpaired) electrons. The van der Waals surface area contributed by atoms with E-state index in [0.29, 0.717) is 17.6 Å². The van der Waals surface area contributed by atoms with Crippen molar-refractivity contribution in [3.05, 3.63) is 0 Å². The topological polar surface area (TPSA) is 29.1 Å². The molecule has 0 aromatic heterocycles. The lowest BCUT2D eigenvalue weighted by Crippen LogP contribution is -2.36. The third-order valence-corrected chi connectivity index (χ3v) is 3.73. The fourth-order valence-corrected chi connectivity index (χ4v) is 3.12. The number of nitrogens with one attached hydrogen (secondary N) is 1. The summed E-state index contributed by atoms with van der Waals surface area (Å²) in [5.41, 5.74) is 0.389. The van der Waals surface area contributed by atoms with Crippen molar-refractivity contribution in [2.45, 2.75) is 52.4 Å². The molecule has 0 aromatic rings. The Morgan fingerprint density at radius 2 is 2.00 bits per heavy atom. The van der Waals surface area contributed by atoms with Gasteiger partial charge in [-0.1, -0.05) is 26.7 Å². The standard InChI is InChI=1S/C13H25NOS/c1-11(2)9-13(6-3-4-7-13)10-14-12(15)5-8-16/h11,16H,3-10H2,1-2H3,(H,14,15). The van der Waals surface area contributed by atoms with Gasteiger partial charge in [0.1, 0.15) is 0 Å². The van der Waals surface area contributed by atoms with Gasteiger partial charge in [0.25, 0.3) is 0 Å². The summed E-state index contributed by atoms with van der Waals surface area (Å²) >= 11 is 4.08. The Kier molecular flexibility index (Phi) is 5.67. The molecule has 1 rings (SSSR count). The second kappa shape index (κ2) is 6.53. The minimum absolute atomic E-state index is 0.157. The average Bonchev–Trinajstić information content (AvgIpc) is 2.64. The minimum Gasteiger partial charge on any atom is -0.356 e. The number of carbonyl (C=O) groups is 1. The molecule has 94 valence electrons. The molecule has 1 saturated carbocycles. The van der Waals surface area contributed by atoms with Crippen LogP contribution in [0.15, 0.2) is 0 Å². The first-order valence-corrected chi connectivity index (χ1v) is 7.09. The van der Waals surface area contributed by atoms with Gasteiger partial charge in [0.15, 0.2) is 0 Å². The van der Waals surface area contributed by atoms with Gasteiger partial charge in [-0.05, 0) is 36.3 Å². The Labute approximate surface area is 105 Å². The van der Waals surface area contributed by atoms with Crippen LogP contribution in [-0.2, 0) is 4.79 Å². The fraction of sp³-hybridized carbons (Fsp3) is 0.923. The van der Waals surface area contributed by atoms with Gasteiger partial charge in [-0.3, -0.25) is 4.79 Å². The smallest absolute Gasteiger partial charge is 0.220 e. The zero-order chi connectivity index (χ0) is 12.0. The van der Waals surface area contributed by atoms with Crippen LogP contribution in [0.2, 0.25) is 0 Å². The maximum Gasteiger partial charge on any atom is 0.220 e. The summed E-state index contributed by atoms with van der Waals surface area (Å²) in [6, 6.07) is 0. The molecular weight excluding hydrogens is 218 g/mol. The predicted molar refractivity (Wildman–Crippen MR) is 71.8 cm³/mol. The molecular formula is C13H25NOS. The van der Waals surface area contributed by atoms with Crippen molar-refractivity contribution in [2.24, 2.45) is 11.3 Å². The van der Waals surface area contributed by atoms with Crippen molar-refractivity contribution in [1.29, 1.82) is 0 Å². The molecule has 0 saturated heterocycles. The number of rotatable bonds is 6. The van der Waals surface area contributed by atoms with Gasteiger partial charge in [-0.2, -0.15) is 12.6 Å². The van der Waals surface area contributed by atoms with E-state index in [2.05, 4.69) is 31.8 Å². The number of hydrogen-bond donors (Lipinski definition) is 2. The molecule has 1 aliphatic carbocycles. The van der Waals surface area contributed by atoms with E-state index in [1.165, 1.54) is 32.1 Å². The summed E-state index contributed by atoms with van der Waals surface area (Å²) in [6.07, 6.45) is 7.01. The van der Waals surface area contributed by atoms with E-state index in [9.17, 15) is 4.79 Å². The lowest BCUT2D eigenvalue weighted by Gasteiger charge is -2.31. The first-order chi connectivity index (χ1) is 7.58. The van der Waals surface area contributed by atoms with Crippen LogP contribution in [0.1, 0.15) is 52.4 Å². The largest absolute Gasteiger partial charge is 0.356 e. The van der Waals surface area contributed by atoms with Crippen molar-refractivity contribution in [1.82, 2.24) is 5.32 Å². The molecule has 0 spiro atoms. The number of thiol groups is 1. The second-order valence-corrected chi connectivity index (χ2v) is 6.00. The first-order valence-electron chi connectivity index (χ1n) is 6.45. The molecule has 3 heteroatoms. The predicted octanol–water partition coefficient (Wildman–Crippen LogP) is 3.03.